The number of halogens is 3. The number of nitrogens with one attached hydrogen (secondary N) is 1. The van der Waals surface area contributed by atoms with E-state index in [0.717, 1.165) is 36.2 Å². The maximum atomic E-state index is 12.8. The molecule has 0 aromatic heterocycles. The van der Waals surface area contributed by atoms with Crippen LogP contribution in [0.2, 0.25) is 0 Å². The minimum absolute atomic E-state index is 0.459. The minimum Gasteiger partial charge on any atom is -0.346 e. The Hall–Kier alpha value is -2.30. The van der Waals surface area contributed by atoms with Gasteiger partial charge in [0, 0.05) is 11.3 Å². The lowest BCUT2D eigenvalue weighted by molar-refractivity contribution is -0.137. The van der Waals surface area contributed by atoms with E-state index in [4.69, 9.17) is 0 Å². The number of fused-ring (bicyclic) bond motifs is 1. The molecule has 0 bridgehead atoms. The van der Waals surface area contributed by atoms with Gasteiger partial charge < -0.3 is 5.32 Å². The Balaban J connectivity index is 2.05. The fourth-order valence-corrected chi connectivity index (χ4v) is 2.31. The van der Waals surface area contributed by atoms with Gasteiger partial charge in [-0.2, -0.15) is 13.2 Å². The zero-order valence-corrected chi connectivity index (χ0v) is 11.1. The van der Waals surface area contributed by atoms with Gasteiger partial charge in [0.05, 0.1) is 17.6 Å². The second-order valence-corrected chi connectivity index (χ2v) is 4.87. The molecule has 0 radical (unpaired) electrons. The molecule has 0 saturated carbocycles. The smallest absolute Gasteiger partial charge is 0.346 e. The molecule has 21 heavy (non-hydrogen) atoms. The molecule has 5 heteroatoms. The number of hydrogen-bond acceptors (Lipinski definition) is 2. The van der Waals surface area contributed by atoms with E-state index in [1.54, 1.807) is 6.08 Å². The molecule has 1 aliphatic heterocycles. The molecule has 0 amide bonds. The summed E-state index contributed by atoms with van der Waals surface area (Å²) in [6, 6.07) is 3.57. The van der Waals surface area contributed by atoms with E-state index in [2.05, 4.69) is 16.4 Å². The maximum Gasteiger partial charge on any atom is 0.416 e. The van der Waals surface area contributed by atoms with Crippen molar-refractivity contribution in [1.29, 1.82) is 0 Å². The highest BCUT2D eigenvalue weighted by Gasteiger charge is 2.31. The zero-order valence-electron chi connectivity index (χ0n) is 11.1. The molecular weight excluding hydrogens is 277 g/mol. The molecular formula is C16H13F3N2. The van der Waals surface area contributed by atoms with E-state index in [1.165, 1.54) is 12.4 Å². The molecule has 0 unspecified atom stereocenters. The first-order chi connectivity index (χ1) is 10.0. The Labute approximate surface area is 120 Å². The van der Waals surface area contributed by atoms with E-state index in [-0.39, 0.29) is 0 Å². The molecule has 1 heterocycles. The molecule has 0 atom stereocenters. The lowest BCUT2D eigenvalue weighted by Gasteiger charge is -2.11. The fraction of sp³-hybridized carbons (Fsp3) is 0.188. The number of alkyl halides is 3. The molecule has 1 aromatic carbocycles. The summed E-state index contributed by atoms with van der Waals surface area (Å²) in [4.78, 5) is 4.15. The topological polar surface area (TPSA) is 24.4 Å². The molecule has 1 aromatic rings. The van der Waals surface area contributed by atoms with Crippen LogP contribution >= 0.6 is 0 Å². The highest BCUT2D eigenvalue weighted by Crippen LogP contribution is 2.34. The number of allylic oxidation sites excluding steroid dienone is 3. The first-order valence-corrected chi connectivity index (χ1v) is 6.63. The summed E-state index contributed by atoms with van der Waals surface area (Å²) in [5.41, 5.74) is 2.04. The van der Waals surface area contributed by atoms with Crippen LogP contribution in [-0.4, -0.2) is 6.34 Å². The van der Waals surface area contributed by atoms with Crippen molar-refractivity contribution in [3.8, 4) is 0 Å². The van der Waals surface area contributed by atoms with Gasteiger partial charge in [0.2, 0.25) is 0 Å². The second-order valence-electron chi connectivity index (χ2n) is 4.87. The van der Waals surface area contributed by atoms with Gasteiger partial charge >= 0.3 is 6.18 Å². The quantitative estimate of drug-likeness (QED) is 0.804. The van der Waals surface area contributed by atoms with Gasteiger partial charge in [0.15, 0.2) is 0 Å². The summed E-state index contributed by atoms with van der Waals surface area (Å²) < 4.78 is 38.4. The largest absolute Gasteiger partial charge is 0.416 e. The summed E-state index contributed by atoms with van der Waals surface area (Å²) in [6.45, 7) is 0. The standard InChI is InChI=1S/C16H13F3N2/c17-16(18,19)13-6-7-14-12(8-13)9-15(21-10-20-14)11-4-2-1-3-5-11/h2,4-10H,1,3H2,(H,20,21). The van der Waals surface area contributed by atoms with Gasteiger partial charge in [-0.15, -0.1) is 0 Å². The molecule has 0 saturated heterocycles. The van der Waals surface area contributed by atoms with Crippen molar-refractivity contribution < 1.29 is 13.2 Å². The summed E-state index contributed by atoms with van der Waals surface area (Å²) in [6.07, 6.45) is 6.86. The maximum absolute atomic E-state index is 12.8. The van der Waals surface area contributed by atoms with Gasteiger partial charge in [-0.05, 0) is 42.7 Å². The highest BCUT2D eigenvalue weighted by atomic mass is 19.4. The number of nitrogens with zero attached hydrogens (tertiary/aromatic N) is 1. The average Bonchev–Trinajstić information content (AvgIpc) is 2.68. The number of hydrogen-bond donors (Lipinski definition) is 1. The summed E-state index contributed by atoms with van der Waals surface area (Å²) in [5.74, 6) is 0. The number of rotatable bonds is 1. The Morgan fingerprint density at radius 1 is 1.14 bits per heavy atom. The lowest BCUT2D eigenvalue weighted by atomic mass is 10.0. The summed E-state index contributed by atoms with van der Waals surface area (Å²) >= 11 is 0. The molecule has 0 fully saturated rings. The van der Waals surface area contributed by atoms with Crippen LogP contribution in [-0.2, 0) is 6.18 Å². The first kappa shape index (κ1) is 13.7. The minimum atomic E-state index is -4.35. The molecule has 1 aliphatic carbocycles. The molecule has 1 N–H and O–H groups in total. The van der Waals surface area contributed by atoms with Crippen molar-refractivity contribution in [2.24, 2.45) is 4.99 Å². The van der Waals surface area contributed by atoms with Crippen LogP contribution in [0.25, 0.3) is 6.08 Å². The van der Waals surface area contributed by atoms with E-state index in [9.17, 15) is 13.2 Å². The third-order valence-corrected chi connectivity index (χ3v) is 3.38. The number of benzene rings is 1. The lowest BCUT2D eigenvalue weighted by Crippen LogP contribution is -2.11. The van der Waals surface area contributed by atoms with Crippen LogP contribution in [0, 0.1) is 0 Å². The molecule has 0 spiro atoms. The highest BCUT2D eigenvalue weighted by molar-refractivity contribution is 5.79. The summed E-state index contributed by atoms with van der Waals surface area (Å²) in [7, 11) is 0. The van der Waals surface area contributed by atoms with Gasteiger partial charge in [-0.25, -0.2) is 4.99 Å². The van der Waals surface area contributed by atoms with E-state index in [1.807, 2.05) is 12.2 Å². The molecule has 3 rings (SSSR count). The van der Waals surface area contributed by atoms with Crippen molar-refractivity contribution in [3.05, 3.63) is 58.8 Å². The Morgan fingerprint density at radius 2 is 2.00 bits per heavy atom. The van der Waals surface area contributed by atoms with Crippen LogP contribution < -0.4 is 5.32 Å². The van der Waals surface area contributed by atoms with Crippen molar-refractivity contribution in [2.75, 3.05) is 0 Å². The van der Waals surface area contributed by atoms with Crippen molar-refractivity contribution in [2.45, 2.75) is 19.0 Å². The molecule has 2 nitrogen and oxygen atoms in total. The van der Waals surface area contributed by atoms with Crippen LogP contribution in [0.5, 0.6) is 0 Å². The fourth-order valence-electron chi connectivity index (χ4n) is 2.31. The van der Waals surface area contributed by atoms with Crippen LogP contribution in [0.3, 0.4) is 0 Å². The van der Waals surface area contributed by atoms with E-state index < -0.39 is 11.7 Å². The molecule has 2 aliphatic rings. The van der Waals surface area contributed by atoms with Crippen LogP contribution in [0.15, 0.2) is 52.7 Å². The first-order valence-electron chi connectivity index (χ1n) is 6.63. The van der Waals surface area contributed by atoms with Crippen LogP contribution in [0.1, 0.15) is 24.0 Å². The predicted octanol–water partition coefficient (Wildman–Crippen LogP) is 4.59. The Kier molecular flexibility index (Phi) is 3.41. The van der Waals surface area contributed by atoms with Gasteiger partial charge in [-0.3, -0.25) is 0 Å². The van der Waals surface area contributed by atoms with Gasteiger partial charge in [-0.1, -0.05) is 18.2 Å². The average molecular weight is 290 g/mol. The normalized spacial score (nSPS) is 17.5. The summed E-state index contributed by atoms with van der Waals surface area (Å²) in [5, 5.41) is 3.03. The van der Waals surface area contributed by atoms with Gasteiger partial charge in [0.1, 0.15) is 0 Å². The van der Waals surface area contributed by atoms with Crippen molar-refractivity contribution in [3.63, 3.8) is 0 Å². The SMILES string of the molecule is FC(F)(F)c1ccc2c(c1)C=C(C1=CCCC=C1)NC=N2. The van der Waals surface area contributed by atoms with Crippen molar-refractivity contribution >= 4 is 18.1 Å². The van der Waals surface area contributed by atoms with Gasteiger partial charge in [0.25, 0.3) is 0 Å². The second kappa shape index (κ2) is 5.24. The third kappa shape index (κ3) is 2.91. The Bertz CT molecular complexity index is 679. The predicted molar refractivity (Wildman–Crippen MR) is 77.2 cm³/mol. The third-order valence-electron chi connectivity index (χ3n) is 3.38. The van der Waals surface area contributed by atoms with E-state index in [0.29, 0.717) is 11.3 Å². The van der Waals surface area contributed by atoms with E-state index >= 15 is 0 Å². The Morgan fingerprint density at radius 3 is 2.71 bits per heavy atom. The number of aliphatic imine (C=N–C) groups is 1. The van der Waals surface area contributed by atoms with Crippen molar-refractivity contribution in [1.82, 2.24) is 5.32 Å². The van der Waals surface area contributed by atoms with Crippen LogP contribution in [0.4, 0.5) is 18.9 Å². The molecule has 108 valence electrons. The zero-order chi connectivity index (χ0) is 14.9. The monoisotopic (exact) mass is 290 g/mol.